The van der Waals surface area contributed by atoms with E-state index < -0.39 is 10.0 Å². The van der Waals surface area contributed by atoms with Gasteiger partial charge in [-0.1, -0.05) is 104 Å². The van der Waals surface area contributed by atoms with Crippen molar-refractivity contribution < 1.29 is 0 Å². The molecule has 2 heterocycles. The van der Waals surface area contributed by atoms with Crippen LogP contribution >= 0.6 is 10.0 Å². The second-order valence-corrected chi connectivity index (χ2v) is 14.3. The first-order valence-electron chi connectivity index (χ1n) is 12.9. The van der Waals surface area contributed by atoms with Gasteiger partial charge in [-0.25, -0.2) is 0 Å². The van der Waals surface area contributed by atoms with Crippen LogP contribution in [0.2, 0.25) is 0 Å². The van der Waals surface area contributed by atoms with E-state index in [1.54, 1.807) is 27.2 Å². The molecule has 5 aliphatic rings. The lowest BCUT2D eigenvalue weighted by molar-refractivity contribution is 0.0934. The minimum atomic E-state index is -1.25. The molecule has 0 saturated heterocycles. The van der Waals surface area contributed by atoms with Crippen LogP contribution in [0.1, 0.15) is 49.8 Å². The van der Waals surface area contributed by atoms with E-state index in [4.69, 9.17) is 0 Å². The van der Waals surface area contributed by atoms with Crippen molar-refractivity contribution >= 4 is 15.6 Å². The number of hydrogen-bond donors (Lipinski definition) is 0. The van der Waals surface area contributed by atoms with E-state index >= 15 is 0 Å². The third-order valence-electron chi connectivity index (χ3n) is 9.95. The normalized spacial score (nSPS) is 34.3. The zero-order valence-electron chi connectivity index (χ0n) is 19.9. The summed E-state index contributed by atoms with van der Waals surface area (Å²) in [6.45, 7) is 4.83. The SMILES string of the molecule is CCC1CC2(CC=CS23c2ccccc2C2=CC=C(C)C23)C12c1ccccc1-c1ccccc12. The lowest BCUT2D eigenvalue weighted by Gasteiger charge is -2.71. The minimum absolute atomic E-state index is 0.0964. The summed E-state index contributed by atoms with van der Waals surface area (Å²) < 4.78 is 0.235. The maximum atomic E-state index is 2.75. The number of benzene rings is 3. The highest BCUT2D eigenvalue weighted by Crippen LogP contribution is 2.91. The average molecular weight is 459 g/mol. The number of hydrogen-bond acceptors (Lipinski definition) is 0. The molecular weight excluding hydrogens is 428 g/mol. The lowest BCUT2D eigenvalue weighted by Crippen LogP contribution is -2.67. The molecule has 4 atom stereocenters. The Balaban J connectivity index is 1.50. The molecule has 2 aliphatic heterocycles. The summed E-state index contributed by atoms with van der Waals surface area (Å²) in [6, 6.07) is 28.3. The van der Waals surface area contributed by atoms with Crippen molar-refractivity contribution in [3.05, 3.63) is 119 Å². The Labute approximate surface area is 204 Å². The van der Waals surface area contributed by atoms with E-state index in [-0.39, 0.29) is 10.2 Å². The summed E-state index contributed by atoms with van der Waals surface area (Å²) >= 11 is 0. The van der Waals surface area contributed by atoms with Crippen LogP contribution in [0.4, 0.5) is 0 Å². The van der Waals surface area contributed by atoms with Crippen molar-refractivity contribution in [2.75, 3.05) is 0 Å². The van der Waals surface area contributed by atoms with Gasteiger partial charge in [0.25, 0.3) is 0 Å². The Hall–Kier alpha value is -2.77. The smallest absolute Gasteiger partial charge is 0.0434 e. The molecule has 4 unspecified atom stereocenters. The Morgan fingerprint density at radius 3 is 2.18 bits per heavy atom. The molecule has 1 fully saturated rings. The first kappa shape index (κ1) is 19.5. The van der Waals surface area contributed by atoms with Gasteiger partial charge in [-0.15, -0.1) is 0 Å². The first-order valence-corrected chi connectivity index (χ1v) is 14.6. The van der Waals surface area contributed by atoms with Gasteiger partial charge in [0.05, 0.1) is 0 Å². The van der Waals surface area contributed by atoms with Gasteiger partial charge in [-0.05, 0) is 70.5 Å². The van der Waals surface area contributed by atoms with E-state index in [1.165, 1.54) is 36.0 Å². The average Bonchev–Trinajstić information content (AvgIpc) is 3.60. The molecule has 0 aromatic heterocycles. The summed E-state index contributed by atoms with van der Waals surface area (Å²) in [7, 11) is -1.25. The molecule has 3 spiro atoms. The van der Waals surface area contributed by atoms with Gasteiger partial charge in [-0.2, -0.15) is 10.0 Å². The van der Waals surface area contributed by atoms with Crippen LogP contribution in [0.5, 0.6) is 0 Å². The van der Waals surface area contributed by atoms with E-state index in [9.17, 15) is 0 Å². The highest BCUT2D eigenvalue weighted by Gasteiger charge is 2.76. The first-order chi connectivity index (χ1) is 16.7. The second kappa shape index (κ2) is 6.26. The van der Waals surface area contributed by atoms with Gasteiger partial charge in [0, 0.05) is 20.3 Å². The third kappa shape index (κ3) is 1.79. The zero-order chi connectivity index (χ0) is 22.7. The van der Waals surface area contributed by atoms with Crippen LogP contribution in [0, 0.1) is 5.92 Å². The van der Waals surface area contributed by atoms with Crippen molar-refractivity contribution in [3.63, 3.8) is 0 Å². The molecule has 3 aliphatic carbocycles. The number of fused-ring (bicyclic) bond motifs is 12. The number of rotatable bonds is 1. The van der Waals surface area contributed by atoms with Gasteiger partial charge < -0.3 is 0 Å². The fraction of sp³-hybridized carbons (Fsp3) is 0.273. The molecular formula is C33H30S. The Morgan fingerprint density at radius 2 is 1.47 bits per heavy atom. The molecule has 3 aromatic rings. The highest BCUT2D eigenvalue weighted by atomic mass is 32.3. The van der Waals surface area contributed by atoms with Crippen LogP contribution in [-0.2, 0) is 5.41 Å². The van der Waals surface area contributed by atoms with Gasteiger partial charge in [0.2, 0.25) is 0 Å². The molecule has 0 bridgehead atoms. The maximum Gasteiger partial charge on any atom is 0.0434 e. The predicted octanol–water partition coefficient (Wildman–Crippen LogP) is 8.63. The van der Waals surface area contributed by atoms with Crippen LogP contribution in [0.25, 0.3) is 16.7 Å². The summed E-state index contributed by atoms with van der Waals surface area (Å²) in [5, 5.41) is 3.29. The Kier molecular flexibility index (Phi) is 3.60. The summed E-state index contributed by atoms with van der Waals surface area (Å²) in [6.07, 6.45) is 11.2. The van der Waals surface area contributed by atoms with Gasteiger partial charge in [0.15, 0.2) is 0 Å². The lowest BCUT2D eigenvalue weighted by atomic mass is 9.46. The quantitative estimate of drug-likeness (QED) is 0.342. The maximum absolute atomic E-state index is 2.75. The monoisotopic (exact) mass is 458 g/mol. The minimum Gasteiger partial charge on any atom is -0.176 e. The fourth-order valence-corrected chi connectivity index (χ4v) is 15.0. The molecule has 34 heavy (non-hydrogen) atoms. The van der Waals surface area contributed by atoms with Gasteiger partial charge in [0.1, 0.15) is 0 Å². The van der Waals surface area contributed by atoms with Gasteiger partial charge in [-0.3, -0.25) is 0 Å². The second-order valence-electron chi connectivity index (χ2n) is 10.9. The topological polar surface area (TPSA) is 0 Å². The third-order valence-corrected chi connectivity index (χ3v) is 15.0. The summed E-state index contributed by atoms with van der Waals surface area (Å²) in [5.41, 5.74) is 11.0. The van der Waals surface area contributed by atoms with Crippen LogP contribution in [-0.4, -0.2) is 10.00 Å². The van der Waals surface area contributed by atoms with Crippen LogP contribution in [0.15, 0.2) is 107 Å². The molecule has 0 nitrogen and oxygen atoms in total. The molecule has 1 saturated carbocycles. The molecule has 0 radical (unpaired) electrons. The van der Waals surface area contributed by atoms with Crippen molar-refractivity contribution in [3.8, 4) is 11.1 Å². The van der Waals surface area contributed by atoms with Crippen molar-refractivity contribution in [2.24, 2.45) is 5.92 Å². The van der Waals surface area contributed by atoms with Crippen LogP contribution in [0.3, 0.4) is 0 Å². The Morgan fingerprint density at radius 1 is 0.824 bits per heavy atom. The summed E-state index contributed by atoms with van der Waals surface area (Å²) in [5.74, 6) is 0.687. The molecule has 8 rings (SSSR count). The number of allylic oxidation sites excluding steroid dienone is 3. The summed E-state index contributed by atoms with van der Waals surface area (Å²) in [4.78, 5) is 1.66. The highest BCUT2D eigenvalue weighted by molar-refractivity contribution is 8.38. The van der Waals surface area contributed by atoms with E-state index in [1.807, 2.05) is 0 Å². The van der Waals surface area contributed by atoms with Gasteiger partial charge >= 0.3 is 0 Å². The van der Waals surface area contributed by atoms with Crippen molar-refractivity contribution in [1.29, 1.82) is 0 Å². The fourth-order valence-electron chi connectivity index (χ4n) is 8.99. The molecule has 0 amide bonds. The molecule has 1 heteroatoms. The molecule has 0 N–H and O–H groups in total. The van der Waals surface area contributed by atoms with E-state index in [0.29, 0.717) is 11.2 Å². The predicted molar refractivity (Wildman–Crippen MR) is 145 cm³/mol. The largest absolute Gasteiger partial charge is 0.176 e. The standard InChI is InChI=1S/C33H30S/c1-3-23-21-32(33(23)28-14-7-4-11-24(28)25-12-5-8-15-29(25)33)19-10-20-34(32)30-16-9-6-13-26(30)27-18-17-22(2)31(27)34/h4-18,20,23,31H,3,19,21H2,1-2H3. The van der Waals surface area contributed by atoms with E-state index in [0.717, 1.165) is 0 Å². The van der Waals surface area contributed by atoms with E-state index in [2.05, 4.69) is 110 Å². The van der Waals surface area contributed by atoms with Crippen molar-refractivity contribution in [1.82, 2.24) is 0 Å². The Bertz CT molecular complexity index is 1440. The molecule has 168 valence electrons. The van der Waals surface area contributed by atoms with Crippen LogP contribution < -0.4 is 0 Å². The molecule has 3 aromatic carbocycles. The zero-order valence-corrected chi connectivity index (χ0v) is 20.7. The van der Waals surface area contributed by atoms with Crippen molar-refractivity contribution in [2.45, 2.75) is 53.4 Å².